The Morgan fingerprint density at radius 3 is 1.84 bits per heavy atom. The van der Waals surface area contributed by atoms with Crippen LogP contribution in [-0.2, 0) is 118 Å². The Hall–Kier alpha value is -8.56. The lowest BCUT2D eigenvalue weighted by Gasteiger charge is -2.41. The van der Waals surface area contributed by atoms with Crippen molar-refractivity contribution in [3.8, 4) is 11.8 Å². The quantitative estimate of drug-likeness (QED) is 0.0184. The number of ketones is 4. The van der Waals surface area contributed by atoms with Gasteiger partial charge in [-0.1, -0.05) is 136 Å². The van der Waals surface area contributed by atoms with Gasteiger partial charge in [0.1, 0.15) is 43.5 Å². The van der Waals surface area contributed by atoms with Crippen LogP contribution in [0.5, 0.6) is 0 Å². The molecule has 38 heteroatoms. The highest BCUT2D eigenvalue weighted by Gasteiger charge is 2.45. The number of aliphatic hydroxyl groups excluding tert-OH is 1. The number of hydrogen-bond donors (Lipinski definition) is 7. The normalized spacial score (nSPS) is 17.7. The van der Waals surface area contributed by atoms with Crippen LogP contribution in [-0.4, -0.2) is 353 Å². The SMILES string of the molecule is CC[C@H](C)[C@@H]([C@@H](CC(=O)N1CCC[C@H]1[C@H](OC)[C@@H](C)C(=O)N[C@H](C)[C@@H](O)c1ccccc1)OC)N(C)C(=O)[C@@H](CC(=O)[C@H](C(C)C)N(C)C(=O)[C@H](CCCNC(N)=O)CC(=O)[C@@H](NC(=O)[C@@H](CCCCNC(=O)COC1CCCCCc2c1nnn2CCOCCOCCOCCOC(=O)NCC[N+](C)(C)C)CC(=O)CCOCCOCCOCCOCCCC(=O)COC1C#CCCCCC1)C(C)C)C(C)C. The molecule has 0 spiro atoms. The van der Waals surface area contributed by atoms with Crippen molar-refractivity contribution in [3.63, 3.8) is 0 Å². The Morgan fingerprint density at radius 1 is 0.580 bits per heavy atom. The molecule has 0 radical (unpaired) electrons. The molecule has 9 amide bonds. The molecule has 812 valence electrons. The number of quaternary nitrogens is 1. The fraction of sp³-hybridized carbons (Fsp3) is 0.790. The van der Waals surface area contributed by atoms with Gasteiger partial charge in [-0.25, -0.2) is 14.3 Å². The lowest BCUT2D eigenvalue weighted by atomic mass is 9.83. The van der Waals surface area contributed by atoms with E-state index in [0.29, 0.717) is 142 Å². The van der Waals surface area contributed by atoms with Crippen LogP contribution in [0.15, 0.2) is 30.3 Å². The molecule has 2 aromatic rings. The summed E-state index contributed by atoms with van der Waals surface area (Å²) < 4.78 is 71.9. The van der Waals surface area contributed by atoms with E-state index < -0.39 is 138 Å². The van der Waals surface area contributed by atoms with E-state index in [1.165, 1.54) is 26.2 Å². The zero-order chi connectivity index (χ0) is 105. The van der Waals surface area contributed by atoms with Crippen molar-refractivity contribution in [1.29, 1.82) is 0 Å². The number of ether oxygens (including phenoxy) is 12. The van der Waals surface area contributed by atoms with E-state index in [9.17, 15) is 43.5 Å². The second-order valence-corrected chi connectivity index (χ2v) is 40.2. The molecule has 2 unspecified atom stereocenters. The molecule has 143 heavy (non-hydrogen) atoms. The molecule has 38 nitrogen and oxygen atoms in total. The van der Waals surface area contributed by atoms with Gasteiger partial charge in [0.15, 0.2) is 17.3 Å². The molecule has 1 saturated heterocycles. The zero-order valence-corrected chi connectivity index (χ0v) is 89.2. The number of unbranched alkanes of at least 4 members (excludes halogenated alkanes) is 1. The third kappa shape index (κ3) is 47.9. The summed E-state index contributed by atoms with van der Waals surface area (Å²) in [5, 5.41) is 34.3. The van der Waals surface area contributed by atoms with Gasteiger partial charge in [0, 0.05) is 111 Å². The van der Waals surface area contributed by atoms with Gasteiger partial charge in [-0.3, -0.25) is 47.9 Å². The Labute approximate surface area is 850 Å². The number of Topliss-reactive ketones (excluding diaryl/α,β-unsaturated/α-hetero) is 4. The maximum absolute atomic E-state index is 15.4. The number of nitrogens with two attached hydrogens (primary N) is 1. The van der Waals surface area contributed by atoms with Gasteiger partial charge in [-0.2, -0.15) is 0 Å². The molecule has 5 rings (SSSR count). The molecule has 0 bridgehead atoms. The summed E-state index contributed by atoms with van der Waals surface area (Å²) in [4.78, 5) is 173. The number of benzene rings is 1. The number of likely N-dealkylation sites (N-methyl/N-ethyl adjacent to an activating group) is 3. The molecular weight excluding hydrogens is 1840 g/mol. The third-order valence-electron chi connectivity index (χ3n) is 26.8. The number of primary amides is 1. The van der Waals surface area contributed by atoms with Crippen molar-refractivity contribution in [1.82, 2.24) is 56.3 Å². The topological polar surface area (TPSA) is 462 Å². The fourth-order valence-corrected chi connectivity index (χ4v) is 18.4. The van der Waals surface area contributed by atoms with Gasteiger partial charge in [-0.15, -0.1) is 11.0 Å². The van der Waals surface area contributed by atoms with Gasteiger partial charge in [0.25, 0.3) is 0 Å². The third-order valence-corrected chi connectivity index (χ3v) is 26.8. The Balaban J connectivity index is 1.21. The van der Waals surface area contributed by atoms with E-state index in [2.05, 4.69) is 48.7 Å². The van der Waals surface area contributed by atoms with Crippen LogP contribution in [0.4, 0.5) is 9.59 Å². The van der Waals surface area contributed by atoms with E-state index in [1.807, 2.05) is 71.7 Å². The summed E-state index contributed by atoms with van der Waals surface area (Å²) in [5.41, 5.74) is 7.75. The van der Waals surface area contributed by atoms with Crippen molar-refractivity contribution in [3.05, 3.63) is 47.3 Å². The summed E-state index contributed by atoms with van der Waals surface area (Å²) in [6, 6.07) is 4.24. The van der Waals surface area contributed by atoms with Gasteiger partial charge < -0.3 is 113 Å². The number of likely N-dealkylation sites (tertiary alicyclic amines) is 1. The van der Waals surface area contributed by atoms with Crippen LogP contribution >= 0.6 is 0 Å². The molecule has 1 fully saturated rings. The molecule has 1 aromatic heterocycles. The number of aliphatic hydroxyl groups is 1. The molecule has 3 aliphatic rings. The first kappa shape index (κ1) is 125. The average molecular weight is 2020 g/mol. The van der Waals surface area contributed by atoms with E-state index in [-0.39, 0.29) is 158 Å². The van der Waals surface area contributed by atoms with Crippen LogP contribution in [0.1, 0.15) is 252 Å². The van der Waals surface area contributed by atoms with Crippen molar-refractivity contribution < 1.29 is 124 Å². The second-order valence-electron chi connectivity index (χ2n) is 40.2. The highest BCUT2D eigenvalue weighted by molar-refractivity contribution is 5.97. The zero-order valence-electron chi connectivity index (χ0n) is 89.2. The fourth-order valence-electron chi connectivity index (χ4n) is 18.4. The number of rotatable bonds is 76. The molecule has 0 saturated carbocycles. The first-order chi connectivity index (χ1) is 68.4. The number of amides is 9. The molecule has 8 N–H and O–H groups in total. The van der Waals surface area contributed by atoms with Crippen LogP contribution in [0.25, 0.3) is 0 Å². The molecular formula is C105H178N13O25+. The van der Waals surface area contributed by atoms with Gasteiger partial charge in [-0.05, 0) is 120 Å². The summed E-state index contributed by atoms with van der Waals surface area (Å²) >= 11 is 0. The molecule has 1 aromatic carbocycles. The number of aromatic nitrogens is 3. The second kappa shape index (κ2) is 70.3. The van der Waals surface area contributed by atoms with Crippen LogP contribution in [0.2, 0.25) is 0 Å². The molecule has 2 heterocycles. The summed E-state index contributed by atoms with van der Waals surface area (Å²) in [6.07, 6.45) is 8.41. The largest absolute Gasteiger partial charge is 0.447 e. The first-order valence-corrected chi connectivity index (χ1v) is 52.4. The molecule has 1 aliphatic heterocycles. The van der Waals surface area contributed by atoms with Crippen molar-refractivity contribution >= 4 is 70.7 Å². The Bertz CT molecular complexity index is 4130. The van der Waals surface area contributed by atoms with Crippen LogP contribution < -0.4 is 32.3 Å². The maximum atomic E-state index is 15.4. The number of methoxy groups -OCH3 is 2. The first-order valence-electron chi connectivity index (χ1n) is 52.4. The summed E-state index contributed by atoms with van der Waals surface area (Å²) in [6.45, 7) is 24.7. The number of nitrogens with zero attached hydrogens (tertiary/aromatic N) is 7. The van der Waals surface area contributed by atoms with Crippen LogP contribution in [0.3, 0.4) is 0 Å². The number of carbonyl (C=O) groups is 12. The highest BCUT2D eigenvalue weighted by Crippen LogP contribution is 2.35. The number of urea groups is 1. The van der Waals surface area contributed by atoms with E-state index in [4.69, 9.17) is 62.6 Å². The standard InChI is InChI=1S/C105H177N13O25/c1-18-76(8)97(91(132-16)70-93(124)116-49-33-43-87(116)99(133-17)77(9)100(126)110-78(10)98(125)79-35-24-22-25-36-79)115(12)103(129)85(73(2)3)69-89(122)96(75(6)7)114(11)102(128)81(38-32-47-108-104(106)130)68-88(121)94(74(4)5)111-101(127)80(67-82(119)45-53-135-56-59-138-62-61-137-58-55-134-52-34-39-83(120)71-142-84-40-26-20-19-21-27-41-84)37-30-31-46-107-92(123)72-143-90-44-29-23-28-42-86-95(90)112-113-117(86)50-54-136-57-60-139-63-64-140-65-66-141-105(131)109-48-51-118(13,14)15/h22,24-25,35-36,73-78,80-81,84-85,87,90-91,94,96-99,125H,18-21,23,26,28-34,37-40,42-72H2,1-17H3,(H6-,106,107,108,109,110,111,123,126,127,130,131)/p+1/t76-,77+,78+,80-,81+,84?,85-,87-,90?,91+,94-,96-,97-,98+,99+/m0/s1. The minimum Gasteiger partial charge on any atom is -0.447 e. The minimum atomic E-state index is -1.16. The van der Waals surface area contributed by atoms with Gasteiger partial charge in [0.05, 0.1) is 193 Å². The average Bonchev–Trinajstić information content (AvgIpc) is 1.25. The van der Waals surface area contributed by atoms with Crippen LogP contribution in [0, 0.1) is 59.2 Å². The lowest BCUT2D eigenvalue weighted by molar-refractivity contribution is -0.869. The number of nitrogens with one attached hydrogen (secondary N) is 5. The minimum absolute atomic E-state index is 0.0201. The number of fused-ring (bicyclic) bond motifs is 1. The number of hydrogen-bond acceptors (Lipinski definition) is 27. The highest BCUT2D eigenvalue weighted by atomic mass is 16.6. The molecule has 15 atom stereocenters. The predicted molar refractivity (Wildman–Crippen MR) is 539 cm³/mol. The summed E-state index contributed by atoms with van der Waals surface area (Å²) in [5.74, 6) is -2.61. The van der Waals surface area contributed by atoms with E-state index >= 15 is 19.2 Å². The van der Waals surface area contributed by atoms with Gasteiger partial charge in [0.2, 0.25) is 35.4 Å². The van der Waals surface area contributed by atoms with Crippen molar-refractivity contribution in [2.24, 2.45) is 53.1 Å². The monoisotopic (exact) mass is 2020 g/mol. The van der Waals surface area contributed by atoms with Crippen molar-refractivity contribution in [2.75, 3.05) is 194 Å². The summed E-state index contributed by atoms with van der Waals surface area (Å²) in [7, 11) is 12.3. The maximum Gasteiger partial charge on any atom is 0.407 e. The Kier molecular flexibility index (Phi) is 61.4. The van der Waals surface area contributed by atoms with Crippen molar-refractivity contribution in [2.45, 2.75) is 297 Å². The van der Waals surface area contributed by atoms with E-state index in [0.717, 1.165) is 74.5 Å². The number of alkyl carbamates (subject to hydrolysis) is 1. The predicted octanol–water partition coefficient (Wildman–Crippen LogP) is 8.99. The smallest absolute Gasteiger partial charge is 0.407 e. The van der Waals surface area contributed by atoms with E-state index in [1.54, 1.807) is 70.5 Å². The van der Waals surface area contributed by atoms with Gasteiger partial charge >= 0.3 is 12.1 Å². The lowest BCUT2D eigenvalue weighted by Crippen LogP contribution is -2.55. The molecule has 2 aliphatic carbocycles. The Morgan fingerprint density at radius 2 is 1.21 bits per heavy atom. The number of carbonyl (C=O) groups excluding carboxylic acids is 12.